The molecule has 1 aromatic carbocycles. The lowest BCUT2D eigenvalue weighted by Gasteiger charge is -2.17. The Hall–Kier alpha value is -1.56. The molecule has 1 aromatic rings. The molecule has 0 heterocycles. The first-order valence-electron chi connectivity index (χ1n) is 5.44. The highest BCUT2D eigenvalue weighted by molar-refractivity contribution is 9.10. The van der Waals surface area contributed by atoms with Crippen molar-refractivity contribution in [2.75, 3.05) is 19.3 Å². The molecule has 0 spiro atoms. The summed E-state index contributed by atoms with van der Waals surface area (Å²) in [5, 5.41) is 8.52. The predicted octanol–water partition coefficient (Wildman–Crippen LogP) is 1.97. The van der Waals surface area contributed by atoms with Gasteiger partial charge in [0.25, 0.3) is 5.91 Å². The molecule has 3 N–H and O–H groups in total. The summed E-state index contributed by atoms with van der Waals surface area (Å²) in [6, 6.07) is 4.99. The summed E-state index contributed by atoms with van der Waals surface area (Å²) in [6.07, 6.45) is 0.490. The summed E-state index contributed by atoms with van der Waals surface area (Å²) >= 11 is 3.26. The SMILES string of the molecule is CN(CCCC(=O)O)C(=O)c1ccc(Br)c(N)c1. The highest BCUT2D eigenvalue weighted by atomic mass is 79.9. The topological polar surface area (TPSA) is 83.6 Å². The van der Waals surface area contributed by atoms with Crippen LogP contribution in [0.15, 0.2) is 22.7 Å². The normalized spacial score (nSPS) is 10.1. The first-order valence-corrected chi connectivity index (χ1v) is 6.23. The van der Waals surface area contributed by atoms with E-state index in [1.165, 1.54) is 4.90 Å². The zero-order valence-electron chi connectivity index (χ0n) is 10.0. The molecule has 0 unspecified atom stereocenters. The average Bonchev–Trinajstić information content (AvgIpc) is 2.31. The standard InChI is InChI=1S/C12H15BrN2O3/c1-15(6-2-3-11(16)17)12(18)8-4-5-9(13)10(14)7-8/h4-5,7H,2-3,6,14H2,1H3,(H,16,17). The number of carbonyl (C=O) groups excluding carboxylic acids is 1. The van der Waals surface area contributed by atoms with Crippen molar-refractivity contribution in [3.63, 3.8) is 0 Å². The highest BCUT2D eigenvalue weighted by Gasteiger charge is 2.12. The van der Waals surface area contributed by atoms with E-state index in [4.69, 9.17) is 10.8 Å². The summed E-state index contributed by atoms with van der Waals surface area (Å²) < 4.78 is 0.743. The van der Waals surface area contributed by atoms with Crippen molar-refractivity contribution in [3.05, 3.63) is 28.2 Å². The van der Waals surface area contributed by atoms with Crippen LogP contribution in [0.5, 0.6) is 0 Å². The van der Waals surface area contributed by atoms with E-state index < -0.39 is 5.97 Å². The zero-order chi connectivity index (χ0) is 13.7. The van der Waals surface area contributed by atoms with E-state index in [0.717, 1.165) is 4.47 Å². The van der Waals surface area contributed by atoms with Crippen LogP contribution >= 0.6 is 15.9 Å². The van der Waals surface area contributed by atoms with Crippen LogP contribution in [0.2, 0.25) is 0 Å². The molecule has 0 aromatic heterocycles. The Bertz CT molecular complexity index is 463. The lowest BCUT2D eigenvalue weighted by molar-refractivity contribution is -0.137. The number of nitrogens with zero attached hydrogens (tertiary/aromatic N) is 1. The second-order valence-corrected chi connectivity index (χ2v) is 4.81. The molecule has 0 radical (unpaired) electrons. The number of hydrogen-bond acceptors (Lipinski definition) is 3. The average molecular weight is 315 g/mol. The maximum atomic E-state index is 12.0. The Morgan fingerprint density at radius 2 is 2.11 bits per heavy atom. The van der Waals surface area contributed by atoms with E-state index in [1.54, 1.807) is 25.2 Å². The largest absolute Gasteiger partial charge is 0.481 e. The van der Waals surface area contributed by atoms with E-state index >= 15 is 0 Å². The number of carboxylic acid groups (broad SMARTS) is 1. The second kappa shape index (κ2) is 6.39. The predicted molar refractivity (Wildman–Crippen MR) is 72.4 cm³/mol. The van der Waals surface area contributed by atoms with Crippen molar-refractivity contribution < 1.29 is 14.7 Å². The molecule has 98 valence electrons. The molecule has 0 aliphatic carbocycles. The van der Waals surface area contributed by atoms with Crippen molar-refractivity contribution in [3.8, 4) is 0 Å². The first-order chi connectivity index (χ1) is 8.41. The molecule has 0 atom stereocenters. The van der Waals surface area contributed by atoms with Gasteiger partial charge in [-0.1, -0.05) is 0 Å². The maximum Gasteiger partial charge on any atom is 0.303 e. The number of anilines is 1. The van der Waals surface area contributed by atoms with Gasteiger partial charge in [0.1, 0.15) is 0 Å². The monoisotopic (exact) mass is 314 g/mol. The van der Waals surface area contributed by atoms with Crippen molar-refractivity contribution in [2.24, 2.45) is 0 Å². The maximum absolute atomic E-state index is 12.0. The minimum absolute atomic E-state index is 0.0557. The van der Waals surface area contributed by atoms with E-state index in [2.05, 4.69) is 15.9 Å². The van der Waals surface area contributed by atoms with Crippen LogP contribution in [0, 0.1) is 0 Å². The van der Waals surface area contributed by atoms with E-state index in [-0.39, 0.29) is 12.3 Å². The van der Waals surface area contributed by atoms with Gasteiger partial charge in [-0.05, 0) is 40.5 Å². The number of carbonyl (C=O) groups is 2. The van der Waals surface area contributed by atoms with Crippen LogP contribution in [-0.4, -0.2) is 35.5 Å². The van der Waals surface area contributed by atoms with Crippen LogP contribution < -0.4 is 5.73 Å². The van der Waals surface area contributed by atoms with Gasteiger partial charge in [-0.15, -0.1) is 0 Å². The van der Waals surface area contributed by atoms with Gasteiger partial charge in [-0.3, -0.25) is 9.59 Å². The molecule has 1 rings (SSSR count). The highest BCUT2D eigenvalue weighted by Crippen LogP contribution is 2.20. The molecular formula is C12H15BrN2O3. The number of carboxylic acids is 1. The molecule has 0 saturated heterocycles. The molecule has 1 amide bonds. The van der Waals surface area contributed by atoms with E-state index in [0.29, 0.717) is 24.2 Å². The summed E-state index contributed by atoms with van der Waals surface area (Å²) in [7, 11) is 1.64. The van der Waals surface area contributed by atoms with Gasteiger partial charge >= 0.3 is 5.97 Å². The van der Waals surface area contributed by atoms with Crippen LogP contribution in [-0.2, 0) is 4.79 Å². The summed E-state index contributed by atoms with van der Waals surface area (Å²) in [6.45, 7) is 0.404. The van der Waals surface area contributed by atoms with Gasteiger partial charge in [-0.25, -0.2) is 0 Å². The van der Waals surface area contributed by atoms with Crippen LogP contribution in [0.1, 0.15) is 23.2 Å². The smallest absolute Gasteiger partial charge is 0.303 e. The third-order valence-electron chi connectivity index (χ3n) is 2.47. The number of amides is 1. The molecule has 6 heteroatoms. The number of halogens is 1. The quantitative estimate of drug-likeness (QED) is 0.814. The van der Waals surface area contributed by atoms with Crippen LogP contribution in [0.4, 0.5) is 5.69 Å². The summed E-state index contributed by atoms with van der Waals surface area (Å²) in [4.78, 5) is 23.9. The number of benzene rings is 1. The minimum atomic E-state index is -0.858. The van der Waals surface area contributed by atoms with Gasteiger partial charge in [0.2, 0.25) is 0 Å². The molecule has 0 aliphatic heterocycles. The lowest BCUT2D eigenvalue weighted by Crippen LogP contribution is -2.28. The minimum Gasteiger partial charge on any atom is -0.481 e. The van der Waals surface area contributed by atoms with E-state index in [1.807, 2.05) is 0 Å². The first kappa shape index (κ1) is 14.5. The van der Waals surface area contributed by atoms with Crippen molar-refractivity contribution >= 4 is 33.5 Å². The Labute approximate surface area is 114 Å². The number of hydrogen-bond donors (Lipinski definition) is 2. The molecule has 18 heavy (non-hydrogen) atoms. The Balaban J connectivity index is 2.62. The Kier molecular flexibility index (Phi) is 5.15. The van der Waals surface area contributed by atoms with Crippen molar-refractivity contribution in [2.45, 2.75) is 12.8 Å². The zero-order valence-corrected chi connectivity index (χ0v) is 11.6. The van der Waals surface area contributed by atoms with Gasteiger partial charge in [-0.2, -0.15) is 0 Å². The number of nitrogen functional groups attached to an aromatic ring is 1. The molecule has 5 nitrogen and oxygen atoms in total. The van der Waals surface area contributed by atoms with Gasteiger partial charge in [0, 0.05) is 35.7 Å². The fourth-order valence-corrected chi connectivity index (χ4v) is 1.71. The third-order valence-corrected chi connectivity index (χ3v) is 3.20. The second-order valence-electron chi connectivity index (χ2n) is 3.96. The van der Waals surface area contributed by atoms with Gasteiger partial charge in [0.05, 0.1) is 0 Å². The number of nitrogens with two attached hydrogens (primary N) is 1. The molecular weight excluding hydrogens is 300 g/mol. The third kappa shape index (κ3) is 4.03. The summed E-state index contributed by atoms with van der Waals surface area (Å²) in [5.74, 6) is -1.02. The fourth-order valence-electron chi connectivity index (χ4n) is 1.47. The number of rotatable bonds is 5. The Morgan fingerprint density at radius 3 is 2.67 bits per heavy atom. The Morgan fingerprint density at radius 1 is 1.44 bits per heavy atom. The summed E-state index contributed by atoms with van der Waals surface area (Å²) in [5.41, 5.74) is 6.70. The fraction of sp³-hybridized carbons (Fsp3) is 0.333. The van der Waals surface area contributed by atoms with E-state index in [9.17, 15) is 9.59 Å². The van der Waals surface area contributed by atoms with Crippen molar-refractivity contribution in [1.29, 1.82) is 0 Å². The molecule has 0 bridgehead atoms. The van der Waals surface area contributed by atoms with Crippen LogP contribution in [0.25, 0.3) is 0 Å². The molecule has 0 aliphatic rings. The van der Waals surface area contributed by atoms with Crippen molar-refractivity contribution in [1.82, 2.24) is 4.90 Å². The van der Waals surface area contributed by atoms with Gasteiger partial charge in [0.15, 0.2) is 0 Å². The van der Waals surface area contributed by atoms with Crippen LogP contribution in [0.3, 0.4) is 0 Å². The number of aliphatic carboxylic acids is 1. The lowest BCUT2D eigenvalue weighted by atomic mass is 10.1. The molecule has 0 fully saturated rings. The molecule has 0 saturated carbocycles. The van der Waals surface area contributed by atoms with Gasteiger partial charge < -0.3 is 15.7 Å².